The topological polar surface area (TPSA) is 66.6 Å². The van der Waals surface area contributed by atoms with Crippen molar-refractivity contribution in [3.63, 3.8) is 0 Å². The summed E-state index contributed by atoms with van der Waals surface area (Å²) in [7, 11) is -0.192. The van der Waals surface area contributed by atoms with E-state index in [0.29, 0.717) is 19.0 Å². The Morgan fingerprint density at radius 1 is 1.47 bits per heavy atom. The van der Waals surface area contributed by atoms with Gasteiger partial charge in [0.15, 0.2) is 0 Å². The Labute approximate surface area is 92.4 Å². The Kier molecular flexibility index (Phi) is 4.11. The first-order valence-corrected chi connectivity index (χ1v) is 6.70. The van der Waals surface area contributed by atoms with E-state index < -0.39 is 10.2 Å². The zero-order valence-corrected chi connectivity index (χ0v) is 10.5. The summed E-state index contributed by atoms with van der Waals surface area (Å²) in [5.74, 6) is 0.346. The van der Waals surface area contributed by atoms with Gasteiger partial charge in [0.2, 0.25) is 0 Å². The summed E-state index contributed by atoms with van der Waals surface area (Å²) >= 11 is 0. The molecule has 0 aliphatic carbocycles. The highest BCUT2D eigenvalue weighted by atomic mass is 32.2. The average Bonchev–Trinajstić information content (AvgIpc) is 2.17. The third kappa shape index (κ3) is 2.50. The maximum Gasteiger partial charge on any atom is 0.281 e. The normalized spacial score (nSPS) is 29.7. The highest BCUT2D eigenvalue weighted by Crippen LogP contribution is 2.25. The molecule has 15 heavy (non-hydrogen) atoms. The van der Waals surface area contributed by atoms with Crippen molar-refractivity contribution in [3.05, 3.63) is 0 Å². The maximum atomic E-state index is 12.0. The number of rotatable bonds is 3. The van der Waals surface area contributed by atoms with E-state index >= 15 is 0 Å². The molecule has 0 aromatic carbocycles. The van der Waals surface area contributed by atoms with E-state index in [9.17, 15) is 8.42 Å². The van der Waals surface area contributed by atoms with E-state index in [2.05, 4.69) is 6.92 Å². The van der Waals surface area contributed by atoms with Crippen LogP contribution in [0.4, 0.5) is 0 Å². The Morgan fingerprint density at radius 3 is 2.53 bits per heavy atom. The summed E-state index contributed by atoms with van der Waals surface area (Å²) in [5, 5.41) is 0. The van der Waals surface area contributed by atoms with Crippen LogP contribution in [0.15, 0.2) is 0 Å². The summed E-state index contributed by atoms with van der Waals surface area (Å²) in [4.78, 5) is 0. The second kappa shape index (κ2) is 4.78. The lowest BCUT2D eigenvalue weighted by atomic mass is 9.93. The van der Waals surface area contributed by atoms with Gasteiger partial charge >= 0.3 is 0 Å². The number of nitrogens with zero attached hydrogens (tertiary/aromatic N) is 2. The highest BCUT2D eigenvalue weighted by molar-refractivity contribution is 7.86. The van der Waals surface area contributed by atoms with Gasteiger partial charge in [-0.3, -0.25) is 0 Å². The molecule has 0 saturated carbocycles. The van der Waals surface area contributed by atoms with Gasteiger partial charge in [-0.05, 0) is 18.8 Å². The van der Waals surface area contributed by atoms with Crippen LogP contribution in [0, 0.1) is 5.92 Å². The van der Waals surface area contributed by atoms with Crippen molar-refractivity contribution >= 4 is 10.2 Å². The van der Waals surface area contributed by atoms with E-state index in [-0.39, 0.29) is 6.04 Å². The van der Waals surface area contributed by atoms with Crippen LogP contribution in [-0.2, 0) is 10.2 Å². The third-order valence-corrected chi connectivity index (χ3v) is 5.03. The fraction of sp³-hybridized carbons (Fsp3) is 1.00. The average molecular weight is 235 g/mol. The van der Waals surface area contributed by atoms with Gasteiger partial charge in [-0.1, -0.05) is 6.92 Å². The molecule has 0 amide bonds. The molecule has 2 unspecified atom stereocenters. The van der Waals surface area contributed by atoms with Crippen LogP contribution < -0.4 is 5.73 Å². The minimum Gasteiger partial charge on any atom is -0.329 e. The SMILES string of the molecule is CC1CCCN(S(=O)(=O)N(C)C)C1CN. The predicted molar refractivity (Wildman–Crippen MR) is 60.6 cm³/mol. The van der Waals surface area contributed by atoms with Crippen molar-refractivity contribution in [2.45, 2.75) is 25.8 Å². The monoisotopic (exact) mass is 235 g/mol. The van der Waals surface area contributed by atoms with Gasteiger partial charge < -0.3 is 5.73 Å². The van der Waals surface area contributed by atoms with Crippen molar-refractivity contribution in [2.75, 3.05) is 27.2 Å². The molecule has 0 aromatic rings. The van der Waals surface area contributed by atoms with Crippen molar-refractivity contribution < 1.29 is 8.42 Å². The molecular formula is C9H21N3O2S. The summed E-state index contributed by atoms with van der Waals surface area (Å²) in [6.45, 7) is 3.05. The van der Waals surface area contributed by atoms with Gasteiger partial charge in [0.1, 0.15) is 0 Å². The highest BCUT2D eigenvalue weighted by Gasteiger charge is 2.36. The number of nitrogens with two attached hydrogens (primary N) is 1. The molecule has 0 bridgehead atoms. The van der Waals surface area contributed by atoms with Crippen LogP contribution in [0.25, 0.3) is 0 Å². The fourth-order valence-electron chi connectivity index (χ4n) is 2.06. The summed E-state index contributed by atoms with van der Waals surface area (Å²) in [6, 6.07) is -0.0499. The molecule has 1 saturated heterocycles. The van der Waals surface area contributed by atoms with E-state index in [0.717, 1.165) is 12.8 Å². The zero-order valence-electron chi connectivity index (χ0n) is 9.68. The first-order chi connectivity index (χ1) is 6.91. The number of hydrogen-bond donors (Lipinski definition) is 1. The van der Waals surface area contributed by atoms with Gasteiger partial charge in [0.05, 0.1) is 0 Å². The molecule has 90 valence electrons. The quantitative estimate of drug-likeness (QED) is 0.740. The molecule has 2 N–H and O–H groups in total. The van der Waals surface area contributed by atoms with Gasteiger partial charge in [-0.2, -0.15) is 17.0 Å². The lowest BCUT2D eigenvalue weighted by Crippen LogP contribution is -2.54. The molecule has 1 rings (SSSR count). The van der Waals surface area contributed by atoms with Gasteiger partial charge in [0.25, 0.3) is 10.2 Å². The van der Waals surface area contributed by atoms with E-state index in [1.165, 1.54) is 4.31 Å². The zero-order chi connectivity index (χ0) is 11.6. The van der Waals surface area contributed by atoms with Gasteiger partial charge in [-0.15, -0.1) is 0 Å². The first-order valence-electron chi connectivity index (χ1n) is 5.30. The molecule has 1 aliphatic rings. The van der Waals surface area contributed by atoms with Gasteiger partial charge in [-0.25, -0.2) is 0 Å². The summed E-state index contributed by atoms with van der Waals surface area (Å²) in [6.07, 6.45) is 1.98. The van der Waals surface area contributed by atoms with Gasteiger partial charge in [0, 0.05) is 33.2 Å². The van der Waals surface area contributed by atoms with Crippen molar-refractivity contribution in [2.24, 2.45) is 11.7 Å². The molecule has 0 spiro atoms. The summed E-state index contributed by atoms with van der Waals surface area (Å²) < 4.78 is 26.8. The summed E-state index contributed by atoms with van der Waals surface area (Å²) in [5.41, 5.74) is 5.66. The van der Waals surface area contributed by atoms with E-state index in [1.807, 2.05) is 0 Å². The minimum absolute atomic E-state index is 0.0499. The Bertz CT molecular complexity index is 302. The molecule has 1 aliphatic heterocycles. The Hall–Kier alpha value is -0.170. The Balaban J connectivity index is 2.92. The predicted octanol–water partition coefficient (Wildman–Crippen LogP) is -0.148. The van der Waals surface area contributed by atoms with Crippen LogP contribution in [0.5, 0.6) is 0 Å². The lowest BCUT2D eigenvalue weighted by molar-refractivity contribution is 0.184. The smallest absolute Gasteiger partial charge is 0.281 e. The fourth-order valence-corrected chi connectivity index (χ4v) is 3.47. The largest absolute Gasteiger partial charge is 0.329 e. The molecule has 1 heterocycles. The second-order valence-corrected chi connectivity index (χ2v) is 6.42. The Morgan fingerprint density at radius 2 is 2.07 bits per heavy atom. The van der Waals surface area contributed by atoms with E-state index in [4.69, 9.17) is 5.73 Å². The molecule has 5 nitrogen and oxygen atoms in total. The maximum absolute atomic E-state index is 12.0. The minimum atomic E-state index is -3.31. The molecule has 2 atom stereocenters. The molecule has 0 aromatic heterocycles. The number of piperidine rings is 1. The van der Waals surface area contributed by atoms with Crippen LogP contribution in [0.3, 0.4) is 0 Å². The van der Waals surface area contributed by atoms with Crippen LogP contribution in [-0.4, -0.2) is 50.3 Å². The van der Waals surface area contributed by atoms with Crippen molar-refractivity contribution in [1.82, 2.24) is 8.61 Å². The molecular weight excluding hydrogens is 214 g/mol. The third-order valence-electron chi connectivity index (χ3n) is 3.06. The lowest BCUT2D eigenvalue weighted by Gasteiger charge is -2.39. The first kappa shape index (κ1) is 12.9. The van der Waals surface area contributed by atoms with Crippen LogP contribution in [0.2, 0.25) is 0 Å². The molecule has 1 fully saturated rings. The van der Waals surface area contributed by atoms with Crippen molar-refractivity contribution in [3.8, 4) is 0 Å². The van der Waals surface area contributed by atoms with E-state index in [1.54, 1.807) is 18.4 Å². The second-order valence-electron chi connectivity index (χ2n) is 4.32. The van der Waals surface area contributed by atoms with Crippen molar-refractivity contribution in [1.29, 1.82) is 0 Å². The van der Waals surface area contributed by atoms with Crippen LogP contribution >= 0.6 is 0 Å². The molecule has 6 heteroatoms. The van der Waals surface area contributed by atoms with Crippen LogP contribution in [0.1, 0.15) is 19.8 Å². The standard InChI is InChI=1S/C9H21N3O2S/c1-8-5-4-6-12(9(8)7-10)15(13,14)11(2)3/h8-9H,4-7,10H2,1-3H3. The molecule has 0 radical (unpaired) electrons. The number of hydrogen-bond acceptors (Lipinski definition) is 3.